The highest BCUT2D eigenvalue weighted by Crippen LogP contribution is 2.22. The summed E-state index contributed by atoms with van der Waals surface area (Å²) < 4.78 is 13.1. The van der Waals surface area contributed by atoms with Crippen molar-refractivity contribution in [2.24, 2.45) is 0 Å². The largest absolute Gasteiger partial charge is 0.205 e. The summed E-state index contributed by atoms with van der Waals surface area (Å²) in [7, 11) is 3.32. The molecule has 3 radical (unpaired) electrons. The van der Waals surface area contributed by atoms with Crippen LogP contribution in [0.3, 0.4) is 0 Å². The molecular formula is C8H7ClFSi. The van der Waals surface area contributed by atoms with Crippen LogP contribution in [0.15, 0.2) is 18.2 Å². The predicted octanol–water partition coefficient (Wildman–Crippen LogP) is 2.71. The standard InChI is InChI=1S/C8H7ClFSi/c1-5(11)6-3-2-4-7(9)8(6)10/h2-5H,1H3. The van der Waals surface area contributed by atoms with Crippen LogP contribution in [-0.4, -0.2) is 10.2 Å². The van der Waals surface area contributed by atoms with Crippen LogP contribution in [0.4, 0.5) is 4.39 Å². The lowest BCUT2D eigenvalue weighted by atomic mass is 10.1. The summed E-state index contributed by atoms with van der Waals surface area (Å²) in [6.45, 7) is 1.85. The molecule has 1 unspecified atom stereocenters. The number of hydrogen-bond acceptors (Lipinski definition) is 0. The minimum Gasteiger partial charge on any atom is -0.205 e. The van der Waals surface area contributed by atoms with Gasteiger partial charge in [-0.05, 0) is 17.2 Å². The zero-order valence-corrected chi connectivity index (χ0v) is 7.82. The van der Waals surface area contributed by atoms with Crippen molar-refractivity contribution in [2.45, 2.75) is 12.5 Å². The van der Waals surface area contributed by atoms with Crippen LogP contribution in [-0.2, 0) is 0 Å². The van der Waals surface area contributed by atoms with E-state index in [1.54, 1.807) is 12.1 Å². The monoisotopic (exact) mass is 185 g/mol. The van der Waals surface area contributed by atoms with Gasteiger partial charge in [-0.1, -0.05) is 30.7 Å². The molecule has 0 nitrogen and oxygen atoms in total. The van der Waals surface area contributed by atoms with Crippen LogP contribution in [0.2, 0.25) is 5.02 Å². The molecule has 1 atom stereocenters. The van der Waals surface area contributed by atoms with E-state index in [-0.39, 0.29) is 16.4 Å². The smallest absolute Gasteiger partial charge is 0.144 e. The van der Waals surface area contributed by atoms with Gasteiger partial charge in [0.15, 0.2) is 0 Å². The van der Waals surface area contributed by atoms with Crippen molar-refractivity contribution in [3.63, 3.8) is 0 Å². The SMILES string of the molecule is CC([Si])c1cccc(Cl)c1F. The fourth-order valence-corrected chi connectivity index (χ4v) is 1.26. The van der Waals surface area contributed by atoms with Gasteiger partial charge in [0.2, 0.25) is 0 Å². The Morgan fingerprint density at radius 1 is 1.55 bits per heavy atom. The Balaban J connectivity index is 3.17. The van der Waals surface area contributed by atoms with Crippen LogP contribution >= 0.6 is 11.6 Å². The van der Waals surface area contributed by atoms with Gasteiger partial charge >= 0.3 is 0 Å². The molecule has 0 spiro atoms. The second kappa shape index (κ2) is 3.37. The fraction of sp³-hybridized carbons (Fsp3) is 0.250. The van der Waals surface area contributed by atoms with Gasteiger partial charge in [0, 0.05) is 10.2 Å². The van der Waals surface area contributed by atoms with E-state index in [9.17, 15) is 4.39 Å². The minimum atomic E-state index is -0.336. The number of rotatable bonds is 1. The van der Waals surface area contributed by atoms with E-state index in [1.165, 1.54) is 6.07 Å². The fourth-order valence-electron chi connectivity index (χ4n) is 0.855. The first-order valence-electron chi connectivity index (χ1n) is 3.28. The topological polar surface area (TPSA) is 0 Å². The van der Waals surface area contributed by atoms with Crippen LogP contribution in [0.25, 0.3) is 0 Å². The van der Waals surface area contributed by atoms with E-state index in [4.69, 9.17) is 11.6 Å². The molecule has 0 fully saturated rings. The van der Waals surface area contributed by atoms with Crippen LogP contribution in [0, 0.1) is 5.82 Å². The van der Waals surface area contributed by atoms with Crippen molar-refractivity contribution in [2.75, 3.05) is 0 Å². The van der Waals surface area contributed by atoms with Crippen LogP contribution < -0.4 is 0 Å². The Morgan fingerprint density at radius 2 is 2.18 bits per heavy atom. The van der Waals surface area contributed by atoms with Gasteiger partial charge in [-0.25, -0.2) is 4.39 Å². The molecule has 3 heteroatoms. The van der Waals surface area contributed by atoms with Crippen molar-refractivity contribution >= 4 is 21.8 Å². The van der Waals surface area contributed by atoms with Crippen LogP contribution in [0.5, 0.6) is 0 Å². The Morgan fingerprint density at radius 3 is 2.64 bits per heavy atom. The van der Waals surface area contributed by atoms with Crippen molar-refractivity contribution in [1.82, 2.24) is 0 Å². The molecule has 0 saturated heterocycles. The summed E-state index contributed by atoms with van der Waals surface area (Å²) in [5.41, 5.74) is 0.586. The Hall–Kier alpha value is -0.343. The normalized spacial score (nSPS) is 13.1. The van der Waals surface area contributed by atoms with Crippen molar-refractivity contribution in [3.8, 4) is 0 Å². The molecule has 1 aromatic carbocycles. The lowest BCUT2D eigenvalue weighted by molar-refractivity contribution is 0.610. The Kier molecular flexibility index (Phi) is 2.68. The maximum Gasteiger partial charge on any atom is 0.144 e. The number of benzene rings is 1. The second-order valence-corrected chi connectivity index (χ2v) is 3.64. The van der Waals surface area contributed by atoms with Crippen molar-refractivity contribution in [1.29, 1.82) is 0 Å². The molecule has 0 aromatic heterocycles. The maximum atomic E-state index is 13.1. The highest BCUT2D eigenvalue weighted by Gasteiger charge is 2.08. The summed E-state index contributed by atoms with van der Waals surface area (Å²) in [6.07, 6.45) is 0. The third-order valence-electron chi connectivity index (χ3n) is 1.45. The van der Waals surface area contributed by atoms with E-state index in [0.717, 1.165) is 0 Å². The molecule has 0 N–H and O–H groups in total. The van der Waals surface area contributed by atoms with Gasteiger partial charge < -0.3 is 0 Å². The molecule has 0 aliphatic rings. The summed E-state index contributed by atoms with van der Waals surface area (Å²) in [4.78, 5) is 0. The van der Waals surface area contributed by atoms with Gasteiger partial charge in [0.25, 0.3) is 0 Å². The zero-order valence-electron chi connectivity index (χ0n) is 6.07. The molecule has 0 aliphatic heterocycles. The average molecular weight is 186 g/mol. The molecule has 1 aromatic rings. The van der Waals surface area contributed by atoms with Crippen molar-refractivity contribution in [3.05, 3.63) is 34.6 Å². The Labute approximate surface area is 73.8 Å². The molecule has 57 valence electrons. The maximum absolute atomic E-state index is 13.1. The first-order chi connectivity index (χ1) is 5.13. The average Bonchev–Trinajstić information content (AvgIpc) is 1.94. The first kappa shape index (κ1) is 8.75. The lowest BCUT2D eigenvalue weighted by Crippen LogP contribution is -1.96. The van der Waals surface area contributed by atoms with Crippen molar-refractivity contribution < 1.29 is 4.39 Å². The third-order valence-corrected chi connectivity index (χ3v) is 2.05. The van der Waals surface area contributed by atoms with E-state index >= 15 is 0 Å². The quantitative estimate of drug-likeness (QED) is 0.591. The van der Waals surface area contributed by atoms with Gasteiger partial charge in [-0.3, -0.25) is 0 Å². The molecule has 1 rings (SSSR count). The predicted molar refractivity (Wildman–Crippen MR) is 45.6 cm³/mol. The van der Waals surface area contributed by atoms with Gasteiger partial charge in [-0.15, -0.1) is 0 Å². The molecule has 11 heavy (non-hydrogen) atoms. The van der Waals surface area contributed by atoms with E-state index in [1.807, 2.05) is 6.92 Å². The highest BCUT2D eigenvalue weighted by atomic mass is 35.5. The second-order valence-electron chi connectivity index (χ2n) is 2.36. The highest BCUT2D eigenvalue weighted by molar-refractivity contribution is 6.30. The van der Waals surface area contributed by atoms with E-state index in [0.29, 0.717) is 5.56 Å². The summed E-state index contributed by atoms with van der Waals surface area (Å²) in [5, 5.41) is 0.174. The van der Waals surface area contributed by atoms with Gasteiger partial charge in [0.05, 0.1) is 5.02 Å². The minimum absolute atomic E-state index is 0.00583. The van der Waals surface area contributed by atoms with E-state index in [2.05, 4.69) is 10.2 Å². The van der Waals surface area contributed by atoms with Crippen LogP contribution in [0.1, 0.15) is 18.0 Å². The summed E-state index contributed by atoms with van der Waals surface area (Å²) in [6, 6.07) is 4.98. The third kappa shape index (κ3) is 1.82. The molecule has 0 amide bonds. The molecule has 0 aliphatic carbocycles. The Bertz CT molecular complexity index is 260. The van der Waals surface area contributed by atoms with Gasteiger partial charge in [0.1, 0.15) is 5.82 Å². The zero-order chi connectivity index (χ0) is 8.43. The first-order valence-corrected chi connectivity index (χ1v) is 4.23. The summed E-state index contributed by atoms with van der Waals surface area (Å²) in [5.74, 6) is -0.336. The summed E-state index contributed by atoms with van der Waals surface area (Å²) >= 11 is 5.56. The molecule has 0 bridgehead atoms. The number of hydrogen-bond donors (Lipinski definition) is 0. The van der Waals surface area contributed by atoms with E-state index < -0.39 is 0 Å². The molecular weight excluding hydrogens is 179 g/mol. The lowest BCUT2D eigenvalue weighted by Gasteiger charge is -2.06. The number of halogens is 2. The van der Waals surface area contributed by atoms with Gasteiger partial charge in [-0.2, -0.15) is 0 Å². The molecule has 0 heterocycles. The molecule has 0 saturated carbocycles.